The van der Waals surface area contributed by atoms with Crippen LogP contribution in [0.2, 0.25) is 0 Å². The van der Waals surface area contributed by atoms with E-state index in [1.54, 1.807) is 6.20 Å². The number of anilines is 1. The Kier molecular flexibility index (Phi) is 3.33. The third-order valence-corrected chi connectivity index (χ3v) is 4.02. The molecule has 0 aromatic carbocycles. The van der Waals surface area contributed by atoms with Gasteiger partial charge in [-0.05, 0) is 37.1 Å². The van der Waals surface area contributed by atoms with Crippen LogP contribution in [0, 0.1) is 0 Å². The SMILES string of the molecule is CC(C)(F)CNc1ncc2c(n1)CC=C2c1ccc2nccn2c1. The Labute approximate surface area is 139 Å². The van der Waals surface area contributed by atoms with Gasteiger partial charge in [0.1, 0.15) is 11.3 Å². The number of aromatic nitrogens is 4. The maximum atomic E-state index is 13.6. The summed E-state index contributed by atoms with van der Waals surface area (Å²) in [7, 11) is 0. The zero-order valence-corrected chi connectivity index (χ0v) is 13.6. The second kappa shape index (κ2) is 5.40. The van der Waals surface area contributed by atoms with Gasteiger partial charge in [-0.2, -0.15) is 0 Å². The van der Waals surface area contributed by atoms with Crippen LogP contribution in [0.25, 0.3) is 11.2 Å². The van der Waals surface area contributed by atoms with Gasteiger partial charge in [-0.1, -0.05) is 6.08 Å². The number of hydrogen-bond donors (Lipinski definition) is 1. The number of allylic oxidation sites excluding steroid dienone is 1. The molecular formula is C18H18FN5. The average Bonchev–Trinajstić information content (AvgIpc) is 3.17. The molecule has 0 amide bonds. The van der Waals surface area contributed by atoms with Crippen LogP contribution in [0.4, 0.5) is 10.3 Å². The summed E-state index contributed by atoms with van der Waals surface area (Å²) in [6.07, 6.45) is 10.5. The molecule has 0 atom stereocenters. The predicted octanol–water partition coefficient (Wildman–Crippen LogP) is 3.27. The number of halogens is 1. The molecule has 24 heavy (non-hydrogen) atoms. The lowest BCUT2D eigenvalue weighted by atomic mass is 10.0. The number of alkyl halides is 1. The minimum absolute atomic E-state index is 0.184. The molecule has 1 aliphatic rings. The second-order valence-corrected chi connectivity index (χ2v) is 6.56. The molecule has 1 aliphatic carbocycles. The minimum atomic E-state index is -1.30. The highest BCUT2D eigenvalue weighted by Crippen LogP contribution is 2.31. The summed E-state index contributed by atoms with van der Waals surface area (Å²) in [5, 5.41) is 2.96. The molecule has 6 heteroatoms. The lowest BCUT2D eigenvalue weighted by molar-refractivity contribution is 0.234. The van der Waals surface area contributed by atoms with E-state index < -0.39 is 5.67 Å². The first kappa shape index (κ1) is 14.8. The summed E-state index contributed by atoms with van der Waals surface area (Å²) >= 11 is 0. The van der Waals surface area contributed by atoms with Crippen molar-refractivity contribution in [2.24, 2.45) is 0 Å². The molecule has 0 unspecified atom stereocenters. The number of imidazole rings is 1. The van der Waals surface area contributed by atoms with Crippen LogP contribution >= 0.6 is 0 Å². The maximum absolute atomic E-state index is 13.6. The number of pyridine rings is 1. The molecule has 0 radical (unpaired) electrons. The highest BCUT2D eigenvalue weighted by atomic mass is 19.1. The van der Waals surface area contributed by atoms with E-state index in [1.807, 2.05) is 22.9 Å². The van der Waals surface area contributed by atoms with Gasteiger partial charge >= 0.3 is 0 Å². The zero-order chi connectivity index (χ0) is 16.7. The predicted molar refractivity (Wildman–Crippen MR) is 91.7 cm³/mol. The number of rotatable bonds is 4. The van der Waals surface area contributed by atoms with Gasteiger partial charge in [0.15, 0.2) is 0 Å². The summed E-state index contributed by atoms with van der Waals surface area (Å²) < 4.78 is 15.6. The Bertz CT molecular complexity index is 936. The monoisotopic (exact) mass is 323 g/mol. The zero-order valence-electron chi connectivity index (χ0n) is 13.6. The van der Waals surface area contributed by atoms with Gasteiger partial charge < -0.3 is 9.72 Å². The Hall–Kier alpha value is -2.76. The fourth-order valence-corrected chi connectivity index (χ4v) is 2.83. The van der Waals surface area contributed by atoms with Gasteiger partial charge in [0, 0.05) is 36.8 Å². The van der Waals surface area contributed by atoms with E-state index in [0.717, 1.165) is 34.5 Å². The molecule has 5 nitrogen and oxygen atoms in total. The highest BCUT2D eigenvalue weighted by Gasteiger charge is 2.20. The van der Waals surface area contributed by atoms with E-state index in [-0.39, 0.29) is 6.54 Å². The number of hydrogen-bond acceptors (Lipinski definition) is 4. The van der Waals surface area contributed by atoms with E-state index in [9.17, 15) is 4.39 Å². The Morgan fingerprint density at radius 2 is 2.17 bits per heavy atom. The van der Waals surface area contributed by atoms with Gasteiger partial charge in [0.05, 0.1) is 12.2 Å². The van der Waals surface area contributed by atoms with E-state index in [1.165, 1.54) is 13.8 Å². The fraction of sp³-hybridized carbons (Fsp3) is 0.278. The third kappa shape index (κ3) is 2.75. The third-order valence-electron chi connectivity index (χ3n) is 4.02. The van der Waals surface area contributed by atoms with Crippen LogP contribution in [0.15, 0.2) is 43.0 Å². The van der Waals surface area contributed by atoms with Gasteiger partial charge in [-0.3, -0.25) is 0 Å². The molecule has 3 heterocycles. The molecule has 0 saturated heterocycles. The Morgan fingerprint density at radius 3 is 3.00 bits per heavy atom. The van der Waals surface area contributed by atoms with E-state index in [0.29, 0.717) is 5.95 Å². The standard InChI is InChI=1S/C18H18FN5/c1-18(2,19)11-22-17-21-9-14-13(4-5-15(14)23-17)12-3-6-16-20-7-8-24(16)10-12/h3-4,6-10H,5,11H2,1-2H3,(H,21,22,23). The first-order chi connectivity index (χ1) is 11.5. The first-order valence-corrected chi connectivity index (χ1v) is 7.92. The van der Waals surface area contributed by atoms with Crippen LogP contribution in [-0.4, -0.2) is 31.6 Å². The molecular weight excluding hydrogens is 305 g/mol. The van der Waals surface area contributed by atoms with Gasteiger partial charge in [-0.15, -0.1) is 0 Å². The Morgan fingerprint density at radius 1 is 1.29 bits per heavy atom. The summed E-state index contributed by atoms with van der Waals surface area (Å²) in [6.45, 7) is 3.24. The van der Waals surface area contributed by atoms with Crippen molar-refractivity contribution in [2.45, 2.75) is 25.9 Å². The molecule has 3 aromatic heterocycles. The first-order valence-electron chi connectivity index (χ1n) is 7.92. The number of nitrogens with one attached hydrogen (secondary N) is 1. The molecule has 3 aromatic rings. The van der Waals surface area contributed by atoms with Crippen LogP contribution in [0.5, 0.6) is 0 Å². The van der Waals surface area contributed by atoms with Gasteiger partial charge in [-0.25, -0.2) is 19.3 Å². The van der Waals surface area contributed by atoms with E-state index in [2.05, 4.69) is 38.6 Å². The van der Waals surface area contributed by atoms with Crippen LogP contribution in [-0.2, 0) is 6.42 Å². The molecule has 0 spiro atoms. The molecule has 4 rings (SSSR count). The lowest BCUT2D eigenvalue weighted by Crippen LogP contribution is -2.25. The van der Waals surface area contributed by atoms with Crippen molar-refractivity contribution in [1.82, 2.24) is 19.4 Å². The largest absolute Gasteiger partial charge is 0.351 e. The molecule has 0 bridgehead atoms. The number of nitrogens with zero attached hydrogens (tertiary/aromatic N) is 4. The summed E-state index contributed by atoms with van der Waals surface area (Å²) in [5.74, 6) is 0.471. The minimum Gasteiger partial charge on any atom is -0.351 e. The van der Waals surface area contributed by atoms with Crippen molar-refractivity contribution in [1.29, 1.82) is 0 Å². The van der Waals surface area contributed by atoms with Gasteiger partial charge in [0.25, 0.3) is 0 Å². The normalized spacial score (nSPS) is 13.9. The fourth-order valence-electron chi connectivity index (χ4n) is 2.83. The number of fused-ring (bicyclic) bond motifs is 2. The van der Waals surface area contributed by atoms with E-state index >= 15 is 0 Å². The molecule has 122 valence electrons. The van der Waals surface area contributed by atoms with Crippen molar-refractivity contribution in [2.75, 3.05) is 11.9 Å². The molecule has 0 saturated carbocycles. The van der Waals surface area contributed by atoms with Gasteiger partial charge in [0.2, 0.25) is 5.95 Å². The van der Waals surface area contributed by atoms with Crippen LogP contribution in [0.1, 0.15) is 30.7 Å². The van der Waals surface area contributed by atoms with Crippen molar-refractivity contribution in [3.63, 3.8) is 0 Å². The maximum Gasteiger partial charge on any atom is 0.223 e. The smallest absolute Gasteiger partial charge is 0.223 e. The lowest BCUT2D eigenvalue weighted by Gasteiger charge is -2.15. The molecule has 0 fully saturated rings. The average molecular weight is 323 g/mol. The van der Waals surface area contributed by atoms with E-state index in [4.69, 9.17) is 0 Å². The quantitative estimate of drug-likeness (QED) is 0.800. The Balaban J connectivity index is 1.61. The van der Waals surface area contributed by atoms with Crippen LogP contribution < -0.4 is 5.32 Å². The summed E-state index contributed by atoms with van der Waals surface area (Å²) in [5.41, 5.74) is 3.84. The highest BCUT2D eigenvalue weighted by molar-refractivity contribution is 5.83. The van der Waals surface area contributed by atoms with Crippen LogP contribution in [0.3, 0.4) is 0 Å². The topological polar surface area (TPSA) is 55.1 Å². The van der Waals surface area contributed by atoms with Crippen molar-refractivity contribution in [3.05, 3.63) is 59.8 Å². The molecule has 0 aliphatic heterocycles. The summed E-state index contributed by atoms with van der Waals surface area (Å²) in [4.78, 5) is 13.1. The van der Waals surface area contributed by atoms with Crippen molar-refractivity contribution < 1.29 is 4.39 Å². The second-order valence-electron chi connectivity index (χ2n) is 6.56. The molecule has 1 N–H and O–H groups in total. The van der Waals surface area contributed by atoms with Crippen molar-refractivity contribution in [3.8, 4) is 0 Å². The summed E-state index contributed by atoms with van der Waals surface area (Å²) in [6, 6.07) is 4.05. The van der Waals surface area contributed by atoms with Crippen molar-refractivity contribution >= 4 is 17.2 Å².